The SMILES string of the molecule is CC(C)C(=O)N1CCC(NC2CCNCC2)CC1. The van der Waals surface area contributed by atoms with E-state index in [0.717, 1.165) is 39.0 Å². The molecule has 0 radical (unpaired) electrons. The van der Waals surface area contributed by atoms with Crippen molar-refractivity contribution in [1.29, 1.82) is 0 Å². The largest absolute Gasteiger partial charge is 0.342 e. The lowest BCUT2D eigenvalue weighted by Crippen LogP contribution is -2.50. The monoisotopic (exact) mass is 253 g/mol. The number of hydrogen-bond donors (Lipinski definition) is 2. The lowest BCUT2D eigenvalue weighted by molar-refractivity contribution is -0.135. The van der Waals surface area contributed by atoms with Crippen molar-refractivity contribution in [3.05, 3.63) is 0 Å². The molecule has 2 heterocycles. The van der Waals surface area contributed by atoms with Crippen LogP contribution in [0.2, 0.25) is 0 Å². The molecule has 0 bridgehead atoms. The molecule has 0 spiro atoms. The van der Waals surface area contributed by atoms with E-state index < -0.39 is 0 Å². The third-order valence-electron chi connectivity index (χ3n) is 4.11. The molecule has 2 fully saturated rings. The molecular weight excluding hydrogens is 226 g/mol. The molecule has 2 aliphatic heterocycles. The Morgan fingerprint density at radius 1 is 1.11 bits per heavy atom. The van der Waals surface area contributed by atoms with Gasteiger partial charge in [-0.05, 0) is 38.8 Å². The fraction of sp³-hybridized carbons (Fsp3) is 0.929. The Morgan fingerprint density at radius 3 is 2.22 bits per heavy atom. The van der Waals surface area contributed by atoms with Crippen LogP contribution >= 0.6 is 0 Å². The second kappa shape index (κ2) is 6.53. The molecule has 0 aromatic carbocycles. The van der Waals surface area contributed by atoms with Crippen LogP contribution in [0.4, 0.5) is 0 Å². The molecule has 0 unspecified atom stereocenters. The molecule has 0 atom stereocenters. The van der Waals surface area contributed by atoms with Crippen LogP contribution in [-0.4, -0.2) is 49.1 Å². The van der Waals surface area contributed by atoms with E-state index in [9.17, 15) is 4.79 Å². The summed E-state index contributed by atoms with van der Waals surface area (Å²) in [6.07, 6.45) is 4.71. The molecule has 2 rings (SSSR count). The highest BCUT2D eigenvalue weighted by molar-refractivity contribution is 5.78. The van der Waals surface area contributed by atoms with Gasteiger partial charge in [0.05, 0.1) is 0 Å². The summed E-state index contributed by atoms with van der Waals surface area (Å²) in [5.41, 5.74) is 0. The Balaban J connectivity index is 1.71. The number of likely N-dealkylation sites (tertiary alicyclic amines) is 1. The number of hydrogen-bond acceptors (Lipinski definition) is 3. The van der Waals surface area contributed by atoms with Crippen molar-refractivity contribution in [2.24, 2.45) is 5.92 Å². The van der Waals surface area contributed by atoms with Crippen LogP contribution in [0.1, 0.15) is 39.5 Å². The Hall–Kier alpha value is -0.610. The molecule has 0 saturated carbocycles. The van der Waals surface area contributed by atoms with Gasteiger partial charge in [-0.3, -0.25) is 4.79 Å². The maximum absolute atomic E-state index is 11.9. The third kappa shape index (κ3) is 3.69. The first-order chi connectivity index (χ1) is 8.66. The Kier molecular flexibility index (Phi) is 5.01. The first-order valence-electron chi connectivity index (χ1n) is 7.42. The topological polar surface area (TPSA) is 44.4 Å². The highest BCUT2D eigenvalue weighted by atomic mass is 16.2. The smallest absolute Gasteiger partial charge is 0.225 e. The molecule has 4 heteroatoms. The summed E-state index contributed by atoms with van der Waals surface area (Å²) < 4.78 is 0. The fourth-order valence-corrected chi connectivity index (χ4v) is 2.95. The molecule has 0 aliphatic carbocycles. The Bertz CT molecular complexity index is 266. The molecule has 18 heavy (non-hydrogen) atoms. The number of amides is 1. The maximum atomic E-state index is 11.9. The highest BCUT2D eigenvalue weighted by Gasteiger charge is 2.25. The van der Waals surface area contributed by atoms with Gasteiger partial charge in [0.1, 0.15) is 0 Å². The number of rotatable bonds is 3. The molecule has 4 nitrogen and oxygen atoms in total. The third-order valence-corrected chi connectivity index (χ3v) is 4.11. The standard InChI is InChI=1S/C14H27N3O/c1-11(2)14(18)17-9-5-13(6-10-17)16-12-3-7-15-8-4-12/h11-13,15-16H,3-10H2,1-2H3. The second-order valence-electron chi connectivity index (χ2n) is 5.95. The van der Waals surface area contributed by atoms with Gasteiger partial charge in [-0.2, -0.15) is 0 Å². The Morgan fingerprint density at radius 2 is 1.67 bits per heavy atom. The van der Waals surface area contributed by atoms with Crippen molar-refractivity contribution in [3.8, 4) is 0 Å². The minimum absolute atomic E-state index is 0.138. The van der Waals surface area contributed by atoms with E-state index in [1.54, 1.807) is 0 Å². The first kappa shape index (κ1) is 13.8. The van der Waals surface area contributed by atoms with E-state index in [1.165, 1.54) is 12.8 Å². The van der Waals surface area contributed by atoms with E-state index in [2.05, 4.69) is 10.6 Å². The molecule has 0 aromatic rings. The molecule has 2 aliphatic rings. The van der Waals surface area contributed by atoms with Crippen molar-refractivity contribution in [2.45, 2.75) is 51.6 Å². The molecule has 1 amide bonds. The van der Waals surface area contributed by atoms with Crippen LogP contribution in [-0.2, 0) is 4.79 Å². The predicted molar refractivity (Wildman–Crippen MR) is 73.5 cm³/mol. The minimum atomic E-state index is 0.138. The van der Waals surface area contributed by atoms with Crippen molar-refractivity contribution < 1.29 is 4.79 Å². The van der Waals surface area contributed by atoms with Crippen LogP contribution in [0.15, 0.2) is 0 Å². The molecule has 0 aromatic heterocycles. The number of nitrogens with one attached hydrogen (secondary N) is 2. The van der Waals surface area contributed by atoms with E-state index in [1.807, 2.05) is 18.7 Å². The average Bonchev–Trinajstić information content (AvgIpc) is 2.40. The van der Waals surface area contributed by atoms with Gasteiger partial charge in [0.2, 0.25) is 5.91 Å². The summed E-state index contributed by atoms with van der Waals surface area (Å²) in [6, 6.07) is 1.30. The number of piperidine rings is 2. The van der Waals surface area contributed by atoms with Gasteiger partial charge < -0.3 is 15.5 Å². The number of carbonyl (C=O) groups is 1. The van der Waals surface area contributed by atoms with Crippen molar-refractivity contribution in [2.75, 3.05) is 26.2 Å². The van der Waals surface area contributed by atoms with E-state index >= 15 is 0 Å². The van der Waals surface area contributed by atoms with E-state index in [4.69, 9.17) is 0 Å². The zero-order valence-electron chi connectivity index (χ0n) is 11.7. The van der Waals surface area contributed by atoms with Crippen molar-refractivity contribution >= 4 is 5.91 Å². The van der Waals surface area contributed by atoms with Crippen LogP contribution in [0, 0.1) is 5.92 Å². The van der Waals surface area contributed by atoms with Crippen molar-refractivity contribution in [1.82, 2.24) is 15.5 Å². The van der Waals surface area contributed by atoms with Crippen LogP contribution in [0.5, 0.6) is 0 Å². The summed E-state index contributed by atoms with van der Waals surface area (Å²) >= 11 is 0. The molecule has 104 valence electrons. The minimum Gasteiger partial charge on any atom is -0.342 e. The van der Waals surface area contributed by atoms with Gasteiger partial charge in [0.15, 0.2) is 0 Å². The molecule has 2 saturated heterocycles. The fourth-order valence-electron chi connectivity index (χ4n) is 2.95. The quantitative estimate of drug-likeness (QED) is 0.788. The molecule has 2 N–H and O–H groups in total. The van der Waals surface area contributed by atoms with Gasteiger partial charge in [0.25, 0.3) is 0 Å². The van der Waals surface area contributed by atoms with E-state index in [0.29, 0.717) is 18.0 Å². The van der Waals surface area contributed by atoms with Crippen LogP contribution in [0.25, 0.3) is 0 Å². The lowest BCUT2D eigenvalue weighted by atomic mass is 9.99. The highest BCUT2D eigenvalue weighted by Crippen LogP contribution is 2.15. The van der Waals surface area contributed by atoms with Crippen molar-refractivity contribution in [3.63, 3.8) is 0 Å². The second-order valence-corrected chi connectivity index (χ2v) is 5.95. The summed E-state index contributed by atoms with van der Waals surface area (Å²) in [4.78, 5) is 13.9. The van der Waals surface area contributed by atoms with Gasteiger partial charge in [-0.25, -0.2) is 0 Å². The van der Waals surface area contributed by atoms with E-state index in [-0.39, 0.29) is 5.92 Å². The molecular formula is C14H27N3O. The summed E-state index contributed by atoms with van der Waals surface area (Å²) in [5.74, 6) is 0.453. The zero-order valence-corrected chi connectivity index (χ0v) is 11.7. The summed E-state index contributed by atoms with van der Waals surface area (Å²) in [7, 11) is 0. The normalized spacial score (nSPS) is 23.6. The maximum Gasteiger partial charge on any atom is 0.225 e. The van der Waals surface area contributed by atoms with Crippen LogP contribution < -0.4 is 10.6 Å². The lowest BCUT2D eigenvalue weighted by Gasteiger charge is -2.36. The first-order valence-corrected chi connectivity index (χ1v) is 7.42. The number of carbonyl (C=O) groups excluding carboxylic acids is 1. The predicted octanol–water partition coefficient (Wildman–Crippen LogP) is 0.975. The van der Waals surface area contributed by atoms with Gasteiger partial charge in [0, 0.05) is 31.1 Å². The van der Waals surface area contributed by atoms with Gasteiger partial charge in [-0.15, -0.1) is 0 Å². The summed E-state index contributed by atoms with van der Waals surface area (Å²) in [5, 5.41) is 7.16. The zero-order chi connectivity index (χ0) is 13.0. The van der Waals surface area contributed by atoms with Gasteiger partial charge in [-0.1, -0.05) is 13.8 Å². The summed E-state index contributed by atoms with van der Waals surface area (Å²) in [6.45, 7) is 8.12. The van der Waals surface area contributed by atoms with Gasteiger partial charge >= 0.3 is 0 Å². The average molecular weight is 253 g/mol. The van der Waals surface area contributed by atoms with Crippen LogP contribution in [0.3, 0.4) is 0 Å². The number of nitrogens with zero attached hydrogens (tertiary/aromatic N) is 1. The Labute approximate surface area is 110 Å².